The minimum absolute atomic E-state index is 0.0560. The first kappa shape index (κ1) is 18.6. The van der Waals surface area contributed by atoms with E-state index in [2.05, 4.69) is 0 Å². The molecule has 0 spiro atoms. The molecule has 6 heteroatoms. The fourth-order valence-electron chi connectivity index (χ4n) is 2.98. The highest BCUT2D eigenvalue weighted by molar-refractivity contribution is 5.75. The monoisotopic (exact) mass is 330 g/mol. The Morgan fingerprint density at radius 2 is 2.04 bits per heavy atom. The molecule has 1 saturated heterocycles. The number of carbonyl (C=O) groups excluding carboxylic acids is 1. The fourth-order valence-corrected chi connectivity index (χ4v) is 2.98. The van der Waals surface area contributed by atoms with E-state index < -0.39 is 18.5 Å². The molecule has 1 saturated carbocycles. The molecule has 23 heavy (non-hydrogen) atoms. The summed E-state index contributed by atoms with van der Waals surface area (Å²) in [5.41, 5.74) is 0. The maximum Gasteiger partial charge on any atom is 0.309 e. The van der Waals surface area contributed by atoms with Crippen molar-refractivity contribution in [2.45, 2.75) is 83.6 Å². The predicted octanol–water partition coefficient (Wildman–Crippen LogP) is 1.62. The highest BCUT2D eigenvalue weighted by Gasteiger charge is 2.44. The van der Waals surface area contributed by atoms with Crippen molar-refractivity contribution < 1.29 is 29.2 Å². The fraction of sp³-hybridized carbons (Fsp3) is 0.941. The van der Waals surface area contributed by atoms with Crippen LogP contribution < -0.4 is 0 Å². The molecule has 134 valence electrons. The molecule has 1 heterocycles. The lowest BCUT2D eigenvalue weighted by atomic mass is 10.0. The Labute approximate surface area is 138 Å². The van der Waals surface area contributed by atoms with Crippen LogP contribution >= 0.6 is 0 Å². The van der Waals surface area contributed by atoms with Crippen molar-refractivity contribution in [2.24, 2.45) is 11.8 Å². The van der Waals surface area contributed by atoms with Gasteiger partial charge in [0.05, 0.1) is 30.8 Å². The first-order valence-electron chi connectivity index (χ1n) is 8.76. The Hall–Kier alpha value is -0.690. The summed E-state index contributed by atoms with van der Waals surface area (Å²) in [7, 11) is 0. The average Bonchev–Trinajstić information content (AvgIpc) is 3.28. The lowest BCUT2D eigenvalue weighted by Crippen LogP contribution is -2.48. The summed E-state index contributed by atoms with van der Waals surface area (Å²) in [5.74, 6) is 0.378. The van der Waals surface area contributed by atoms with Gasteiger partial charge in [-0.15, -0.1) is 0 Å². The molecular weight excluding hydrogens is 300 g/mol. The van der Waals surface area contributed by atoms with Gasteiger partial charge in [0.25, 0.3) is 0 Å². The van der Waals surface area contributed by atoms with Gasteiger partial charge in [0.15, 0.2) is 6.29 Å². The van der Waals surface area contributed by atoms with Crippen LogP contribution in [0.15, 0.2) is 0 Å². The van der Waals surface area contributed by atoms with E-state index in [0.717, 1.165) is 25.7 Å². The van der Waals surface area contributed by atoms with E-state index in [1.807, 2.05) is 13.8 Å². The molecule has 0 aromatic rings. The summed E-state index contributed by atoms with van der Waals surface area (Å²) in [6.45, 7) is 6.20. The third-order valence-corrected chi connectivity index (χ3v) is 4.67. The molecular formula is C17H30O6. The second kappa shape index (κ2) is 8.42. The van der Waals surface area contributed by atoms with Crippen molar-refractivity contribution >= 4 is 5.97 Å². The van der Waals surface area contributed by atoms with Gasteiger partial charge in [-0.25, -0.2) is 0 Å². The molecule has 2 fully saturated rings. The Bertz CT molecular complexity index is 387. The van der Waals surface area contributed by atoms with Crippen LogP contribution in [0.5, 0.6) is 0 Å². The molecule has 2 N–H and O–H groups in total. The van der Waals surface area contributed by atoms with E-state index in [1.165, 1.54) is 0 Å². The predicted molar refractivity (Wildman–Crippen MR) is 83.6 cm³/mol. The summed E-state index contributed by atoms with van der Waals surface area (Å²) >= 11 is 0. The first-order chi connectivity index (χ1) is 10.9. The van der Waals surface area contributed by atoms with Crippen LogP contribution in [-0.2, 0) is 19.0 Å². The number of aliphatic hydroxyl groups excluding tert-OH is 2. The topological polar surface area (TPSA) is 85.2 Å². The van der Waals surface area contributed by atoms with Gasteiger partial charge >= 0.3 is 5.97 Å². The molecule has 0 bridgehead atoms. The van der Waals surface area contributed by atoms with Gasteiger partial charge in [-0.3, -0.25) is 4.79 Å². The van der Waals surface area contributed by atoms with E-state index in [4.69, 9.17) is 14.2 Å². The molecule has 7 atom stereocenters. The summed E-state index contributed by atoms with van der Waals surface area (Å²) in [4.78, 5) is 11.7. The number of ether oxygens (including phenoxy) is 3. The highest BCUT2D eigenvalue weighted by atomic mass is 16.7. The zero-order valence-corrected chi connectivity index (χ0v) is 14.3. The second-order valence-corrected chi connectivity index (χ2v) is 6.87. The van der Waals surface area contributed by atoms with Gasteiger partial charge in [-0.1, -0.05) is 6.92 Å². The minimum Gasteiger partial charge on any atom is -0.465 e. The largest absolute Gasteiger partial charge is 0.465 e. The Morgan fingerprint density at radius 3 is 2.74 bits per heavy atom. The zero-order valence-electron chi connectivity index (χ0n) is 14.3. The molecule has 0 unspecified atom stereocenters. The maximum atomic E-state index is 11.7. The van der Waals surface area contributed by atoms with Crippen molar-refractivity contribution in [1.29, 1.82) is 0 Å². The normalized spacial score (nSPS) is 38.1. The smallest absolute Gasteiger partial charge is 0.309 e. The maximum absolute atomic E-state index is 11.7. The van der Waals surface area contributed by atoms with E-state index in [9.17, 15) is 15.0 Å². The van der Waals surface area contributed by atoms with Crippen LogP contribution in [0.2, 0.25) is 0 Å². The summed E-state index contributed by atoms with van der Waals surface area (Å²) in [6, 6.07) is 0. The second-order valence-electron chi connectivity index (χ2n) is 6.87. The molecule has 1 aliphatic carbocycles. The first-order valence-corrected chi connectivity index (χ1v) is 8.76. The van der Waals surface area contributed by atoms with Crippen LogP contribution in [0.4, 0.5) is 0 Å². The molecule has 0 radical (unpaired) electrons. The van der Waals surface area contributed by atoms with E-state index >= 15 is 0 Å². The third-order valence-electron chi connectivity index (χ3n) is 4.67. The SMILES string of the molecule is CCCOC(=O)[C@@H]1C[C@H]1CC[C@@H](C)O[C@@H]1O[C@@H](C)[C@H](O)C[C@H]1O. The van der Waals surface area contributed by atoms with Gasteiger partial charge in [0, 0.05) is 6.42 Å². The van der Waals surface area contributed by atoms with Crippen LogP contribution in [0.25, 0.3) is 0 Å². The third kappa shape index (κ3) is 5.41. The van der Waals surface area contributed by atoms with Crippen molar-refractivity contribution in [2.75, 3.05) is 6.61 Å². The van der Waals surface area contributed by atoms with E-state index in [0.29, 0.717) is 12.5 Å². The van der Waals surface area contributed by atoms with Crippen LogP contribution in [0.1, 0.15) is 52.9 Å². The Morgan fingerprint density at radius 1 is 1.30 bits per heavy atom. The summed E-state index contributed by atoms with van der Waals surface area (Å²) in [5, 5.41) is 19.6. The molecule has 0 amide bonds. The van der Waals surface area contributed by atoms with Gasteiger partial charge < -0.3 is 24.4 Å². The Kier molecular flexibility index (Phi) is 6.83. The molecule has 2 rings (SSSR count). The standard InChI is InChI=1S/C17H30O6/c1-4-7-21-16(20)13-8-12(13)6-5-10(2)22-17-15(19)9-14(18)11(3)23-17/h10-15,17-19H,4-9H2,1-3H3/t10-,11+,12-,13-,14-,15-,17-/m1/s1. The van der Waals surface area contributed by atoms with Gasteiger partial charge in [0.2, 0.25) is 0 Å². The van der Waals surface area contributed by atoms with Gasteiger partial charge in [-0.2, -0.15) is 0 Å². The molecule has 0 aromatic carbocycles. The van der Waals surface area contributed by atoms with Crippen molar-refractivity contribution in [3.63, 3.8) is 0 Å². The number of carbonyl (C=O) groups is 1. The highest BCUT2D eigenvalue weighted by Crippen LogP contribution is 2.43. The van der Waals surface area contributed by atoms with Gasteiger partial charge in [-0.05, 0) is 45.4 Å². The Balaban J connectivity index is 1.64. The number of rotatable bonds is 8. The minimum atomic E-state index is -0.804. The molecule has 1 aliphatic heterocycles. The number of aliphatic hydroxyl groups is 2. The van der Waals surface area contributed by atoms with Crippen molar-refractivity contribution in [3.8, 4) is 0 Å². The van der Waals surface area contributed by atoms with Crippen LogP contribution in [-0.4, -0.2) is 53.5 Å². The zero-order chi connectivity index (χ0) is 17.0. The number of hydrogen-bond donors (Lipinski definition) is 2. The number of esters is 1. The molecule has 6 nitrogen and oxygen atoms in total. The van der Waals surface area contributed by atoms with Crippen molar-refractivity contribution in [3.05, 3.63) is 0 Å². The van der Waals surface area contributed by atoms with Crippen LogP contribution in [0, 0.1) is 11.8 Å². The lowest BCUT2D eigenvalue weighted by molar-refractivity contribution is -0.273. The van der Waals surface area contributed by atoms with Crippen LogP contribution in [0.3, 0.4) is 0 Å². The van der Waals surface area contributed by atoms with E-state index in [1.54, 1.807) is 6.92 Å². The van der Waals surface area contributed by atoms with Gasteiger partial charge in [0.1, 0.15) is 6.10 Å². The summed E-state index contributed by atoms with van der Waals surface area (Å²) < 4.78 is 16.4. The number of hydrogen-bond acceptors (Lipinski definition) is 6. The molecule has 2 aliphatic rings. The van der Waals surface area contributed by atoms with E-state index in [-0.39, 0.29) is 30.5 Å². The van der Waals surface area contributed by atoms with Crippen molar-refractivity contribution in [1.82, 2.24) is 0 Å². The quantitative estimate of drug-likeness (QED) is 0.658. The lowest BCUT2D eigenvalue weighted by Gasteiger charge is -2.36. The summed E-state index contributed by atoms with van der Waals surface area (Å²) in [6.07, 6.45) is 1.20. The molecule has 0 aromatic heterocycles. The average molecular weight is 330 g/mol.